The van der Waals surface area contributed by atoms with Gasteiger partial charge in [-0.3, -0.25) is 4.57 Å². The van der Waals surface area contributed by atoms with Crippen LogP contribution in [0.15, 0.2) is 176 Å². The Kier molecular flexibility index (Phi) is 7.56. The molecule has 0 bridgehead atoms. The Morgan fingerprint density at radius 3 is 1.87 bits per heavy atom. The largest absolute Gasteiger partial charge is 0.294 e. The highest BCUT2D eigenvalue weighted by Crippen LogP contribution is 2.32. The average molecular weight is 690 g/mol. The maximum atomic E-state index is 4.91. The lowest BCUT2D eigenvalue weighted by Gasteiger charge is -2.34. The Labute approximate surface area is 305 Å². The van der Waals surface area contributed by atoms with Crippen LogP contribution in [0.1, 0.15) is 26.3 Å². The molecule has 252 valence electrons. The van der Waals surface area contributed by atoms with Gasteiger partial charge in [-0.05, 0) is 103 Å². The SMILES string of the molecule is Cc1ccnc(-n2c3ccccc3c3ccc([Si](c4ccccc4)(c4ccccc4)c4cccc(-n5c[n+](C(C)(C)C)c6ccccc65)c4)cc32)c1. The maximum absolute atomic E-state index is 4.91. The molecule has 0 N–H and O–H groups in total. The van der Waals surface area contributed by atoms with Crippen LogP contribution in [0.2, 0.25) is 0 Å². The molecule has 0 radical (unpaired) electrons. The monoisotopic (exact) mass is 689 g/mol. The topological polar surface area (TPSA) is 26.6 Å². The minimum absolute atomic E-state index is 0.0743. The summed E-state index contributed by atoms with van der Waals surface area (Å²) in [6.45, 7) is 8.94. The van der Waals surface area contributed by atoms with E-state index in [-0.39, 0.29) is 5.54 Å². The molecule has 6 aromatic carbocycles. The molecule has 3 heterocycles. The van der Waals surface area contributed by atoms with Gasteiger partial charge >= 0.3 is 0 Å². The fraction of sp³-hybridized carbons (Fsp3) is 0.106. The van der Waals surface area contributed by atoms with Crippen molar-refractivity contribution in [1.29, 1.82) is 0 Å². The third-order valence-electron chi connectivity index (χ3n) is 10.6. The van der Waals surface area contributed by atoms with Crippen LogP contribution in [-0.4, -0.2) is 22.2 Å². The van der Waals surface area contributed by atoms with Crippen molar-refractivity contribution in [3.05, 3.63) is 182 Å². The summed E-state index contributed by atoms with van der Waals surface area (Å²) in [4.78, 5) is 4.91. The van der Waals surface area contributed by atoms with Gasteiger partial charge in [-0.2, -0.15) is 4.57 Å². The predicted octanol–water partition coefficient (Wildman–Crippen LogP) is 7.85. The van der Waals surface area contributed by atoms with E-state index >= 15 is 0 Å². The van der Waals surface area contributed by atoms with Gasteiger partial charge in [0.2, 0.25) is 6.33 Å². The van der Waals surface area contributed by atoms with Crippen molar-refractivity contribution in [3.8, 4) is 11.5 Å². The Morgan fingerprint density at radius 1 is 0.538 bits per heavy atom. The molecular weight excluding hydrogens is 649 g/mol. The molecule has 9 rings (SSSR count). The van der Waals surface area contributed by atoms with Gasteiger partial charge in [0.05, 0.1) is 11.0 Å². The average Bonchev–Trinajstić information content (AvgIpc) is 3.73. The molecule has 0 unspecified atom stereocenters. The number of benzene rings is 6. The first kappa shape index (κ1) is 31.9. The number of aryl methyl sites for hydroxylation is 1. The predicted molar refractivity (Wildman–Crippen MR) is 219 cm³/mol. The number of imidazole rings is 1. The number of hydrogen-bond acceptors (Lipinski definition) is 1. The van der Waals surface area contributed by atoms with E-state index in [1.54, 1.807) is 0 Å². The molecule has 52 heavy (non-hydrogen) atoms. The summed E-state index contributed by atoms with van der Waals surface area (Å²) in [7, 11) is -2.92. The third kappa shape index (κ3) is 5.03. The Hall–Kier alpha value is -6.04. The summed E-state index contributed by atoms with van der Waals surface area (Å²) in [5.41, 5.74) is 7.00. The summed E-state index contributed by atoms with van der Waals surface area (Å²) >= 11 is 0. The molecule has 3 aromatic heterocycles. The zero-order valence-corrected chi connectivity index (χ0v) is 31.0. The zero-order chi connectivity index (χ0) is 35.5. The van der Waals surface area contributed by atoms with Gasteiger partial charge in [0, 0.05) is 17.0 Å². The lowest BCUT2D eigenvalue weighted by atomic mass is 10.1. The highest BCUT2D eigenvalue weighted by molar-refractivity contribution is 7.20. The minimum atomic E-state index is -2.92. The smallest absolute Gasteiger partial charge is 0.250 e. The van der Waals surface area contributed by atoms with Crippen LogP contribution < -0.4 is 25.3 Å². The molecule has 0 aliphatic carbocycles. The van der Waals surface area contributed by atoms with Crippen molar-refractivity contribution in [1.82, 2.24) is 14.1 Å². The number of rotatable bonds is 6. The first-order valence-corrected chi connectivity index (χ1v) is 20.0. The van der Waals surface area contributed by atoms with Gasteiger partial charge in [-0.25, -0.2) is 9.55 Å². The van der Waals surface area contributed by atoms with Crippen molar-refractivity contribution >= 4 is 61.7 Å². The van der Waals surface area contributed by atoms with Crippen LogP contribution in [0.25, 0.3) is 44.3 Å². The number of pyridine rings is 1. The zero-order valence-electron chi connectivity index (χ0n) is 30.0. The van der Waals surface area contributed by atoms with Crippen molar-refractivity contribution in [3.63, 3.8) is 0 Å². The molecule has 0 saturated heterocycles. The van der Waals surface area contributed by atoms with Crippen LogP contribution in [0.3, 0.4) is 0 Å². The quantitative estimate of drug-likeness (QED) is 0.0993. The molecule has 0 aliphatic heterocycles. The van der Waals surface area contributed by atoms with E-state index in [0.717, 1.165) is 17.0 Å². The van der Waals surface area contributed by atoms with Gasteiger partial charge in [-0.15, -0.1) is 0 Å². The van der Waals surface area contributed by atoms with E-state index in [1.807, 2.05) is 6.20 Å². The molecule has 5 heteroatoms. The van der Waals surface area contributed by atoms with E-state index in [1.165, 1.54) is 53.6 Å². The van der Waals surface area contributed by atoms with Crippen LogP contribution in [0.4, 0.5) is 0 Å². The Balaban J connectivity index is 1.38. The van der Waals surface area contributed by atoms with Gasteiger partial charge in [0.15, 0.2) is 19.1 Å². The van der Waals surface area contributed by atoms with Crippen molar-refractivity contribution in [2.24, 2.45) is 0 Å². The number of para-hydroxylation sites is 3. The second-order valence-electron chi connectivity index (χ2n) is 14.8. The van der Waals surface area contributed by atoms with E-state index < -0.39 is 8.07 Å². The van der Waals surface area contributed by atoms with Crippen LogP contribution >= 0.6 is 0 Å². The number of hydrogen-bond donors (Lipinski definition) is 0. The summed E-state index contributed by atoms with van der Waals surface area (Å²) < 4.78 is 7.10. The lowest BCUT2D eigenvalue weighted by molar-refractivity contribution is -0.731. The van der Waals surface area contributed by atoms with Gasteiger partial charge in [0.1, 0.15) is 17.0 Å². The molecule has 0 amide bonds. The van der Waals surface area contributed by atoms with E-state index in [4.69, 9.17) is 4.98 Å². The minimum Gasteiger partial charge on any atom is -0.294 e. The van der Waals surface area contributed by atoms with Crippen molar-refractivity contribution in [2.45, 2.75) is 33.2 Å². The van der Waals surface area contributed by atoms with E-state index in [9.17, 15) is 0 Å². The summed E-state index contributed by atoms with van der Waals surface area (Å²) in [5, 5.41) is 7.80. The van der Waals surface area contributed by atoms with E-state index in [0.29, 0.717) is 0 Å². The first-order chi connectivity index (χ1) is 25.3. The summed E-state index contributed by atoms with van der Waals surface area (Å²) in [5.74, 6) is 0.934. The Morgan fingerprint density at radius 2 is 1.15 bits per heavy atom. The van der Waals surface area contributed by atoms with E-state index in [2.05, 4.69) is 212 Å². The Bertz CT molecular complexity index is 2700. The van der Waals surface area contributed by atoms with Gasteiger partial charge < -0.3 is 0 Å². The molecule has 0 spiro atoms. The summed E-state index contributed by atoms with van der Waals surface area (Å²) in [6, 6.07) is 60.6. The number of nitrogens with zero attached hydrogens (tertiary/aromatic N) is 4. The second kappa shape index (κ2) is 12.3. The second-order valence-corrected chi connectivity index (χ2v) is 18.6. The highest BCUT2D eigenvalue weighted by Gasteiger charge is 2.42. The highest BCUT2D eigenvalue weighted by atomic mass is 28.3. The molecule has 4 nitrogen and oxygen atoms in total. The number of aromatic nitrogens is 4. The van der Waals surface area contributed by atoms with Gasteiger partial charge in [0.25, 0.3) is 0 Å². The normalized spacial score (nSPS) is 12.2. The third-order valence-corrected chi connectivity index (χ3v) is 15.3. The number of fused-ring (bicyclic) bond motifs is 4. The van der Waals surface area contributed by atoms with Crippen LogP contribution in [0.5, 0.6) is 0 Å². The fourth-order valence-corrected chi connectivity index (χ4v) is 13.0. The fourth-order valence-electron chi connectivity index (χ4n) is 8.21. The molecule has 9 aromatic rings. The van der Waals surface area contributed by atoms with Crippen LogP contribution in [0, 0.1) is 6.92 Å². The van der Waals surface area contributed by atoms with Gasteiger partial charge in [-0.1, -0.05) is 115 Å². The molecule has 0 aliphatic rings. The van der Waals surface area contributed by atoms with Crippen LogP contribution in [-0.2, 0) is 5.54 Å². The maximum Gasteiger partial charge on any atom is 0.250 e. The molecular formula is C47H41N4Si+. The summed E-state index contributed by atoms with van der Waals surface area (Å²) in [6.07, 6.45) is 4.19. The lowest BCUT2D eigenvalue weighted by Crippen LogP contribution is -2.74. The molecule has 0 atom stereocenters. The first-order valence-electron chi connectivity index (χ1n) is 18.0. The van der Waals surface area contributed by atoms with Crippen molar-refractivity contribution < 1.29 is 4.57 Å². The molecule has 0 saturated carbocycles. The molecule has 0 fully saturated rings. The van der Waals surface area contributed by atoms with Crippen molar-refractivity contribution in [2.75, 3.05) is 0 Å². The standard InChI is InChI=1S/C47H41N4Si/c1-34-28-29-48-46(30-34)51-42-23-12-11-22-40(42)41-27-26-39(32-45(41)51)52(36-17-7-5-8-18-36,37-19-9-6-10-20-37)38-21-15-16-35(31-38)49-33-50(47(2,3)4)44-25-14-13-24-43(44)49/h5-33H,1-4H3/q+1.